The standard InChI is InChI=1S/C15H22N2O2/c1-2-14(18)17-10-12(11-17)8-9-16-15(19)13-6-4-3-5-7-13/h2-4,12-13H,1,5-11H2,(H,16,19)/t13-/m0/s1. The Bertz CT molecular complexity index is 384. The van der Waals surface area contributed by atoms with Gasteiger partial charge in [-0.25, -0.2) is 0 Å². The highest BCUT2D eigenvalue weighted by Crippen LogP contribution is 2.20. The molecule has 19 heavy (non-hydrogen) atoms. The van der Waals surface area contributed by atoms with Gasteiger partial charge in [0.15, 0.2) is 0 Å². The Morgan fingerprint density at radius 2 is 2.16 bits per heavy atom. The fourth-order valence-electron chi connectivity index (χ4n) is 2.64. The van der Waals surface area contributed by atoms with E-state index in [-0.39, 0.29) is 17.7 Å². The molecule has 1 saturated heterocycles. The molecule has 2 aliphatic rings. The van der Waals surface area contributed by atoms with Gasteiger partial charge in [-0.3, -0.25) is 9.59 Å². The van der Waals surface area contributed by atoms with Crippen molar-refractivity contribution in [1.29, 1.82) is 0 Å². The summed E-state index contributed by atoms with van der Waals surface area (Å²) in [6.45, 7) is 5.79. The second kappa shape index (κ2) is 6.55. The fourth-order valence-corrected chi connectivity index (χ4v) is 2.64. The van der Waals surface area contributed by atoms with E-state index in [9.17, 15) is 9.59 Å². The Balaban J connectivity index is 1.58. The summed E-state index contributed by atoms with van der Waals surface area (Å²) >= 11 is 0. The summed E-state index contributed by atoms with van der Waals surface area (Å²) < 4.78 is 0. The fraction of sp³-hybridized carbons (Fsp3) is 0.600. The molecule has 1 atom stereocenters. The van der Waals surface area contributed by atoms with E-state index in [1.807, 2.05) is 0 Å². The average Bonchev–Trinajstić information content (AvgIpc) is 2.41. The number of carbonyl (C=O) groups is 2. The van der Waals surface area contributed by atoms with Crippen LogP contribution in [0.4, 0.5) is 0 Å². The molecule has 104 valence electrons. The summed E-state index contributed by atoms with van der Waals surface area (Å²) in [6.07, 6.45) is 9.40. The van der Waals surface area contributed by atoms with Gasteiger partial charge in [0, 0.05) is 25.6 Å². The number of likely N-dealkylation sites (tertiary alicyclic amines) is 1. The van der Waals surface area contributed by atoms with Crippen LogP contribution < -0.4 is 5.32 Å². The second-order valence-electron chi connectivity index (χ2n) is 5.37. The van der Waals surface area contributed by atoms with Crippen molar-refractivity contribution in [3.63, 3.8) is 0 Å². The molecule has 1 heterocycles. The lowest BCUT2D eigenvalue weighted by Crippen LogP contribution is -2.50. The Morgan fingerprint density at radius 3 is 2.79 bits per heavy atom. The average molecular weight is 262 g/mol. The highest BCUT2D eigenvalue weighted by atomic mass is 16.2. The monoisotopic (exact) mass is 262 g/mol. The van der Waals surface area contributed by atoms with Crippen LogP contribution in [0, 0.1) is 11.8 Å². The van der Waals surface area contributed by atoms with E-state index in [1.54, 1.807) is 4.90 Å². The highest BCUT2D eigenvalue weighted by molar-refractivity contribution is 5.87. The predicted molar refractivity (Wildman–Crippen MR) is 74.4 cm³/mol. The van der Waals surface area contributed by atoms with E-state index in [0.29, 0.717) is 5.92 Å². The maximum absolute atomic E-state index is 11.9. The molecule has 4 nitrogen and oxygen atoms in total. The number of amides is 2. The zero-order valence-corrected chi connectivity index (χ0v) is 11.3. The number of allylic oxidation sites excluding steroid dienone is 2. The van der Waals surface area contributed by atoms with Gasteiger partial charge in [-0.2, -0.15) is 0 Å². The minimum Gasteiger partial charge on any atom is -0.356 e. The number of nitrogens with one attached hydrogen (secondary N) is 1. The van der Waals surface area contributed by atoms with E-state index in [2.05, 4.69) is 24.0 Å². The van der Waals surface area contributed by atoms with Gasteiger partial charge in [0.1, 0.15) is 0 Å². The number of hydrogen-bond acceptors (Lipinski definition) is 2. The van der Waals surface area contributed by atoms with E-state index in [1.165, 1.54) is 6.08 Å². The molecular weight excluding hydrogens is 240 g/mol. The summed E-state index contributed by atoms with van der Waals surface area (Å²) in [4.78, 5) is 24.9. The Morgan fingerprint density at radius 1 is 1.37 bits per heavy atom. The SMILES string of the molecule is C=CC(=O)N1CC(CCNC(=O)[C@H]2CC=CCC2)C1. The van der Waals surface area contributed by atoms with Gasteiger partial charge < -0.3 is 10.2 Å². The van der Waals surface area contributed by atoms with Crippen LogP contribution in [0.15, 0.2) is 24.8 Å². The number of hydrogen-bond donors (Lipinski definition) is 1. The molecule has 0 unspecified atom stereocenters. The van der Waals surface area contributed by atoms with Gasteiger partial charge in [0.2, 0.25) is 11.8 Å². The van der Waals surface area contributed by atoms with E-state index in [0.717, 1.165) is 45.3 Å². The summed E-state index contributed by atoms with van der Waals surface area (Å²) in [5, 5.41) is 3.01. The van der Waals surface area contributed by atoms with Crippen molar-refractivity contribution in [1.82, 2.24) is 10.2 Å². The smallest absolute Gasteiger partial charge is 0.245 e. The van der Waals surface area contributed by atoms with Gasteiger partial charge in [-0.1, -0.05) is 18.7 Å². The van der Waals surface area contributed by atoms with Gasteiger partial charge >= 0.3 is 0 Å². The number of carbonyl (C=O) groups excluding carboxylic acids is 2. The molecule has 1 fully saturated rings. The maximum atomic E-state index is 11.9. The van der Waals surface area contributed by atoms with Crippen molar-refractivity contribution in [2.75, 3.05) is 19.6 Å². The Hall–Kier alpha value is -1.58. The molecular formula is C15H22N2O2. The first-order chi connectivity index (χ1) is 9.20. The molecule has 2 amide bonds. The first-order valence-electron chi connectivity index (χ1n) is 7.04. The van der Waals surface area contributed by atoms with Gasteiger partial charge in [-0.15, -0.1) is 0 Å². The van der Waals surface area contributed by atoms with Crippen LogP contribution in [-0.2, 0) is 9.59 Å². The van der Waals surface area contributed by atoms with Crippen molar-refractivity contribution >= 4 is 11.8 Å². The van der Waals surface area contributed by atoms with Crippen LogP contribution in [0.5, 0.6) is 0 Å². The quantitative estimate of drug-likeness (QED) is 0.603. The number of rotatable bonds is 5. The molecule has 0 saturated carbocycles. The lowest BCUT2D eigenvalue weighted by molar-refractivity contribution is -0.132. The van der Waals surface area contributed by atoms with Gasteiger partial charge in [0.25, 0.3) is 0 Å². The van der Waals surface area contributed by atoms with Crippen molar-refractivity contribution in [2.24, 2.45) is 11.8 Å². The maximum Gasteiger partial charge on any atom is 0.245 e. The third-order valence-corrected chi connectivity index (χ3v) is 3.94. The van der Waals surface area contributed by atoms with E-state index < -0.39 is 0 Å². The molecule has 2 rings (SSSR count). The summed E-state index contributed by atoms with van der Waals surface area (Å²) in [5.74, 6) is 0.873. The molecule has 1 aliphatic carbocycles. The minimum atomic E-state index is 0.00859. The minimum absolute atomic E-state index is 0.00859. The van der Waals surface area contributed by atoms with Crippen LogP contribution in [0.25, 0.3) is 0 Å². The zero-order chi connectivity index (χ0) is 13.7. The second-order valence-corrected chi connectivity index (χ2v) is 5.37. The first-order valence-corrected chi connectivity index (χ1v) is 7.04. The van der Waals surface area contributed by atoms with E-state index in [4.69, 9.17) is 0 Å². The Labute approximate surface area is 114 Å². The lowest BCUT2D eigenvalue weighted by atomic mass is 9.93. The van der Waals surface area contributed by atoms with Crippen molar-refractivity contribution in [3.8, 4) is 0 Å². The summed E-state index contributed by atoms with van der Waals surface area (Å²) in [6, 6.07) is 0. The summed E-state index contributed by atoms with van der Waals surface area (Å²) in [7, 11) is 0. The molecule has 1 N–H and O–H groups in total. The van der Waals surface area contributed by atoms with Crippen LogP contribution in [0.1, 0.15) is 25.7 Å². The zero-order valence-electron chi connectivity index (χ0n) is 11.3. The highest BCUT2D eigenvalue weighted by Gasteiger charge is 2.28. The van der Waals surface area contributed by atoms with E-state index >= 15 is 0 Å². The van der Waals surface area contributed by atoms with Crippen molar-refractivity contribution in [3.05, 3.63) is 24.8 Å². The third-order valence-electron chi connectivity index (χ3n) is 3.94. The van der Waals surface area contributed by atoms with Gasteiger partial charge in [-0.05, 0) is 37.7 Å². The van der Waals surface area contributed by atoms with Crippen LogP contribution >= 0.6 is 0 Å². The molecule has 0 radical (unpaired) electrons. The van der Waals surface area contributed by atoms with Gasteiger partial charge in [0.05, 0.1) is 0 Å². The Kier molecular flexibility index (Phi) is 4.77. The first kappa shape index (κ1) is 13.8. The lowest BCUT2D eigenvalue weighted by Gasteiger charge is -2.38. The largest absolute Gasteiger partial charge is 0.356 e. The normalized spacial score (nSPS) is 22.7. The van der Waals surface area contributed by atoms with Crippen LogP contribution in [0.2, 0.25) is 0 Å². The van der Waals surface area contributed by atoms with Crippen LogP contribution in [0.3, 0.4) is 0 Å². The predicted octanol–water partition coefficient (Wildman–Crippen LogP) is 1.49. The van der Waals surface area contributed by atoms with Crippen molar-refractivity contribution < 1.29 is 9.59 Å². The van der Waals surface area contributed by atoms with Crippen molar-refractivity contribution in [2.45, 2.75) is 25.7 Å². The molecule has 1 aliphatic heterocycles. The topological polar surface area (TPSA) is 49.4 Å². The molecule has 0 aromatic heterocycles. The number of nitrogens with zero attached hydrogens (tertiary/aromatic N) is 1. The molecule has 0 bridgehead atoms. The molecule has 0 spiro atoms. The molecule has 4 heteroatoms. The molecule has 0 aromatic rings. The third kappa shape index (κ3) is 3.69. The summed E-state index contributed by atoms with van der Waals surface area (Å²) in [5.41, 5.74) is 0. The molecule has 0 aromatic carbocycles. The van der Waals surface area contributed by atoms with Crippen LogP contribution in [-0.4, -0.2) is 36.3 Å².